The van der Waals surface area contributed by atoms with Crippen molar-refractivity contribution in [3.63, 3.8) is 0 Å². The van der Waals surface area contributed by atoms with E-state index in [0.29, 0.717) is 10.6 Å². The molecule has 1 atom stereocenters. The fourth-order valence-electron chi connectivity index (χ4n) is 0.755. The quantitative estimate of drug-likeness (QED) is 0.254. The van der Waals surface area contributed by atoms with Gasteiger partial charge in [0.1, 0.15) is 7.55 Å². The maximum Gasteiger partial charge on any atom is 0.172 e. The van der Waals surface area contributed by atoms with E-state index >= 15 is 0 Å². The van der Waals surface area contributed by atoms with E-state index in [2.05, 4.69) is 17.9 Å². The van der Waals surface area contributed by atoms with E-state index in [-0.39, 0.29) is 21.1 Å². The molecule has 60 valence electrons. The van der Waals surface area contributed by atoms with E-state index in [0.717, 1.165) is 0 Å². The Morgan fingerprint density at radius 3 is 3.55 bits per heavy atom. The van der Waals surface area contributed by atoms with Gasteiger partial charge in [-0.2, -0.15) is 0 Å². The number of nitrogens with one attached hydrogen (secondary N) is 4. The van der Waals surface area contributed by atoms with Crippen molar-refractivity contribution < 1.29 is 8.35 Å². The van der Waals surface area contributed by atoms with E-state index < -0.39 is 12.8 Å². The standard InChI is InChI=1S/C5H8N4S2/c10-4-2-3(6-1-7-4)9-5(11)8-2/h3,6-7,10H,1H2,(H2,8,9,11)/i1D2,3D/hD3. The molecule has 0 radical (unpaired) electrons. The molecule has 11 heavy (non-hydrogen) atoms. The molecule has 0 aliphatic carbocycles. The summed E-state index contributed by atoms with van der Waals surface area (Å²) < 4.78 is 45.9. The lowest BCUT2D eigenvalue weighted by atomic mass is 10.3. The Morgan fingerprint density at radius 1 is 1.91 bits per heavy atom. The first-order valence-electron chi connectivity index (χ1n) is 5.61. The van der Waals surface area contributed by atoms with Crippen molar-refractivity contribution in [1.82, 2.24) is 21.2 Å². The van der Waals surface area contributed by atoms with Crippen LogP contribution in [-0.2, 0) is 0 Å². The second-order valence-electron chi connectivity index (χ2n) is 1.89. The lowest BCUT2D eigenvalue weighted by molar-refractivity contribution is 0.508. The zero-order chi connectivity index (χ0) is 13.2. The minimum Gasteiger partial charge on any atom is -0.366 e. The number of thiocarbonyl (C=S) groups is 1. The van der Waals surface area contributed by atoms with Gasteiger partial charge in [0.25, 0.3) is 0 Å². The molecule has 2 aliphatic heterocycles. The molecule has 0 saturated carbocycles. The average molecular weight is 194 g/mol. The zero-order valence-electron chi connectivity index (χ0n) is 11.2. The topological polar surface area (TPSA) is 48.1 Å². The third-order valence-corrected chi connectivity index (χ3v) is 1.72. The average Bonchev–Trinajstić information content (AvgIpc) is 2.50. The van der Waals surface area contributed by atoms with Gasteiger partial charge in [-0.25, -0.2) is 0 Å². The van der Waals surface area contributed by atoms with Gasteiger partial charge in [0.15, 0.2) is 7.94 Å². The highest BCUT2D eigenvalue weighted by Gasteiger charge is 2.27. The molecule has 0 spiro atoms. The van der Waals surface area contributed by atoms with Gasteiger partial charge >= 0.3 is 0 Å². The van der Waals surface area contributed by atoms with Gasteiger partial charge in [0, 0.05) is 0 Å². The van der Waals surface area contributed by atoms with E-state index in [1.54, 1.807) is 0 Å². The smallest absolute Gasteiger partial charge is 0.172 e. The van der Waals surface area contributed by atoms with E-state index in [9.17, 15) is 0 Å². The molecule has 4 nitrogen and oxygen atoms in total. The fraction of sp³-hybridized carbons (Fsp3) is 0.400. The molecule has 0 bridgehead atoms. The molecular formula is C5H8N4S2. The molecule has 0 aromatic carbocycles. The number of fused-ring (bicyclic) bond motifs is 1. The second kappa shape index (κ2) is 2.54. The fourth-order valence-corrected chi connectivity index (χ4v) is 1.14. The number of hydrogen-bond acceptors (Lipinski definition) is 4. The van der Waals surface area contributed by atoms with E-state index in [1.807, 2.05) is 0 Å². The van der Waals surface area contributed by atoms with Gasteiger partial charge in [-0.1, -0.05) is 0 Å². The van der Waals surface area contributed by atoms with Gasteiger partial charge in [0.05, 0.1) is 21.5 Å². The highest BCUT2D eigenvalue weighted by molar-refractivity contribution is 7.84. The molecular weight excluding hydrogens is 180 g/mol. The Balaban J connectivity index is 2.66. The van der Waals surface area contributed by atoms with Crippen LogP contribution in [-0.4, -0.2) is 17.9 Å². The summed E-state index contributed by atoms with van der Waals surface area (Å²) in [6, 6.07) is 0. The molecule has 0 amide bonds. The van der Waals surface area contributed by atoms with Crippen molar-refractivity contribution in [2.75, 3.05) is 6.62 Å². The molecule has 2 heterocycles. The molecule has 6 heteroatoms. The van der Waals surface area contributed by atoms with Crippen molar-refractivity contribution in [3.05, 3.63) is 10.7 Å². The summed E-state index contributed by atoms with van der Waals surface area (Å²) in [7, 11) is 0. The van der Waals surface area contributed by atoms with Gasteiger partial charge in [0.2, 0.25) is 0 Å². The third kappa shape index (κ3) is 1.17. The highest BCUT2D eigenvalue weighted by atomic mass is 32.1. The Labute approximate surface area is 83.8 Å². The van der Waals surface area contributed by atoms with Gasteiger partial charge in [-0.15, -0.1) is 12.6 Å². The first kappa shape index (κ1) is 3.12. The van der Waals surface area contributed by atoms with Crippen LogP contribution in [0.1, 0.15) is 4.11 Å². The minimum absolute atomic E-state index is 0.0824. The number of thiol groups is 1. The molecule has 1 unspecified atom stereocenters. The maximum atomic E-state index is 8.03. The van der Waals surface area contributed by atoms with Crippen LogP contribution >= 0.6 is 24.8 Å². The summed E-state index contributed by atoms with van der Waals surface area (Å²) in [5.41, 5.74) is -0.0824. The predicted molar refractivity (Wildman–Crippen MR) is 49.8 cm³/mol. The van der Waals surface area contributed by atoms with Crippen LogP contribution in [0.3, 0.4) is 0 Å². The minimum atomic E-state index is -2.59. The first-order chi connectivity index (χ1) is 7.65. The normalized spacial score (nSPS) is 51.5. The van der Waals surface area contributed by atoms with Crippen LogP contribution in [0.2, 0.25) is 4.24 Å². The van der Waals surface area contributed by atoms with Crippen LogP contribution in [0.5, 0.6) is 0 Å². The van der Waals surface area contributed by atoms with Crippen LogP contribution in [0.4, 0.5) is 0 Å². The summed E-state index contributed by atoms with van der Waals surface area (Å²) in [4.78, 5) is 0. The zero-order valence-corrected chi connectivity index (χ0v) is 6.91. The lowest BCUT2D eigenvalue weighted by Gasteiger charge is -2.22. The van der Waals surface area contributed by atoms with Gasteiger partial charge in [-0.3, -0.25) is 5.31 Å². The predicted octanol–water partition coefficient (Wildman–Crippen LogP) is -0.961. The van der Waals surface area contributed by atoms with E-state index in [4.69, 9.17) is 20.6 Å². The molecule has 0 aromatic heterocycles. The SMILES string of the molecule is [2H]N1C(S)=C2NC(=S)N([2H])C2([2H])N([2H])C1([2H])[2H]. The van der Waals surface area contributed by atoms with Gasteiger partial charge < -0.3 is 15.9 Å². The molecule has 0 aromatic rings. The lowest BCUT2D eigenvalue weighted by Crippen LogP contribution is -2.47. The van der Waals surface area contributed by atoms with Crippen molar-refractivity contribution in [1.29, 1.82) is 0 Å². The summed E-state index contributed by atoms with van der Waals surface area (Å²) in [6.45, 7) is -2.59. The molecule has 2 rings (SSSR count). The van der Waals surface area contributed by atoms with Crippen LogP contribution < -0.4 is 21.2 Å². The van der Waals surface area contributed by atoms with Crippen molar-refractivity contribution >= 4 is 30.0 Å². The molecule has 1 saturated heterocycles. The maximum absolute atomic E-state index is 8.03. The van der Waals surface area contributed by atoms with E-state index in [1.165, 1.54) is 0 Å². The highest BCUT2D eigenvalue weighted by Crippen LogP contribution is 2.12. The monoisotopic (exact) mass is 194 g/mol. The Kier molecular flexibility index (Phi) is 0.721. The molecule has 1 fully saturated rings. The Hall–Kier alpha value is -0.460. The molecule has 2 aliphatic rings. The van der Waals surface area contributed by atoms with Crippen LogP contribution in [0.25, 0.3) is 0 Å². The third-order valence-electron chi connectivity index (χ3n) is 1.20. The van der Waals surface area contributed by atoms with Crippen LogP contribution in [0, 0.1) is 0 Å². The first-order valence-corrected chi connectivity index (χ1v) is 3.62. The van der Waals surface area contributed by atoms with Gasteiger partial charge in [-0.05, 0) is 12.2 Å². The summed E-state index contributed by atoms with van der Waals surface area (Å²) >= 11 is 8.71. The summed E-state index contributed by atoms with van der Waals surface area (Å²) in [5, 5.41) is 3.17. The van der Waals surface area contributed by atoms with Crippen molar-refractivity contribution in [3.8, 4) is 0 Å². The van der Waals surface area contributed by atoms with Crippen molar-refractivity contribution in [2.24, 2.45) is 0 Å². The summed E-state index contributed by atoms with van der Waals surface area (Å²) in [6.07, 6.45) is -2.17. The summed E-state index contributed by atoms with van der Waals surface area (Å²) in [5.74, 6) is 0. The molecule has 4 N–H and O–H groups in total. The van der Waals surface area contributed by atoms with Crippen molar-refractivity contribution in [2.45, 2.75) is 6.14 Å². The number of rotatable bonds is 0. The number of hydrogen-bond donors (Lipinski definition) is 5. The Bertz CT molecular complexity index is 429. The largest absolute Gasteiger partial charge is 0.366 e. The Morgan fingerprint density at radius 2 is 2.73 bits per heavy atom. The van der Waals surface area contributed by atoms with Crippen LogP contribution in [0.15, 0.2) is 10.7 Å². The second-order valence-corrected chi connectivity index (χ2v) is 2.70.